The number of nitrogens with zero attached hydrogens (tertiary/aromatic N) is 3. The van der Waals surface area contributed by atoms with E-state index in [4.69, 9.17) is 30.5 Å². The summed E-state index contributed by atoms with van der Waals surface area (Å²) in [5, 5.41) is 9.69. The van der Waals surface area contributed by atoms with Crippen LogP contribution in [0.1, 0.15) is 46.5 Å². The fourth-order valence-electron chi connectivity index (χ4n) is 3.91. The molecule has 0 saturated heterocycles. The molecule has 1 fully saturated rings. The Morgan fingerprint density at radius 3 is 2.77 bits per heavy atom. The summed E-state index contributed by atoms with van der Waals surface area (Å²) >= 11 is 7.30. The predicted molar refractivity (Wildman–Crippen MR) is 133 cm³/mol. The van der Waals surface area contributed by atoms with Crippen LogP contribution in [-0.4, -0.2) is 72.5 Å². The highest BCUT2D eigenvalue weighted by atomic mass is 35.5. The monoisotopic (exact) mass is 529 g/mol. The lowest BCUT2D eigenvalue weighted by molar-refractivity contribution is -0.156. The van der Waals surface area contributed by atoms with Crippen molar-refractivity contribution in [2.45, 2.75) is 70.4 Å². The molecule has 0 spiro atoms. The van der Waals surface area contributed by atoms with Crippen molar-refractivity contribution in [1.29, 1.82) is 0 Å². The Hall–Kier alpha value is -2.01. The molecule has 3 rings (SSSR count). The number of halogens is 2. The summed E-state index contributed by atoms with van der Waals surface area (Å²) in [6.07, 6.45) is 0.456. The average molecular weight is 530 g/mol. The minimum absolute atomic E-state index is 0.0222. The molecule has 1 heterocycles. The zero-order valence-corrected chi connectivity index (χ0v) is 22.3. The van der Waals surface area contributed by atoms with Crippen LogP contribution in [0.15, 0.2) is 18.2 Å². The molecule has 0 radical (unpaired) electrons. The Morgan fingerprint density at radius 2 is 2.06 bits per heavy atom. The second-order valence-electron chi connectivity index (χ2n) is 9.56. The first-order valence-electron chi connectivity index (χ1n) is 11.5. The molecule has 8 nitrogen and oxygen atoms in total. The third kappa shape index (κ3) is 8.27. The van der Waals surface area contributed by atoms with Gasteiger partial charge in [-0.15, -0.1) is 5.10 Å². The van der Waals surface area contributed by atoms with Gasteiger partial charge in [0.25, 0.3) is 5.19 Å². The number of likely N-dealkylation sites (N-methyl/N-ethyl adjacent to an activating group) is 1. The van der Waals surface area contributed by atoms with Crippen LogP contribution >= 0.6 is 22.9 Å². The van der Waals surface area contributed by atoms with E-state index >= 15 is 0 Å². The number of esters is 1. The number of rotatable bonds is 9. The third-order valence-corrected chi connectivity index (χ3v) is 6.59. The van der Waals surface area contributed by atoms with Crippen molar-refractivity contribution in [3.8, 4) is 21.5 Å². The number of carbonyl (C=O) groups excluding carboxylic acids is 1. The highest BCUT2D eigenvalue weighted by Gasteiger charge is 2.33. The molecule has 11 heteroatoms. The van der Waals surface area contributed by atoms with Gasteiger partial charge in [-0.2, -0.15) is 0 Å². The molecule has 0 N–H and O–H groups in total. The van der Waals surface area contributed by atoms with Crippen LogP contribution in [0, 0.1) is 0 Å². The number of carbonyl (C=O) groups is 1. The van der Waals surface area contributed by atoms with Gasteiger partial charge in [0.2, 0.25) is 0 Å². The minimum Gasteiger partial charge on any atom is -0.467 e. The van der Waals surface area contributed by atoms with Gasteiger partial charge in [0.1, 0.15) is 23.6 Å². The molecule has 1 aliphatic rings. The van der Waals surface area contributed by atoms with Crippen LogP contribution in [0.3, 0.4) is 0 Å². The summed E-state index contributed by atoms with van der Waals surface area (Å²) in [7, 11) is 3.38. The van der Waals surface area contributed by atoms with E-state index in [1.165, 1.54) is 18.4 Å². The quantitative estimate of drug-likeness (QED) is 0.251. The maximum atomic E-state index is 15.0. The highest BCUT2D eigenvalue weighted by molar-refractivity contribution is 7.16. The summed E-state index contributed by atoms with van der Waals surface area (Å²) in [5.74, 6) is 0.199. The van der Waals surface area contributed by atoms with E-state index in [9.17, 15) is 9.18 Å². The topological polar surface area (TPSA) is 83.0 Å². The van der Waals surface area contributed by atoms with Crippen molar-refractivity contribution in [2.75, 3.05) is 27.5 Å². The maximum absolute atomic E-state index is 15.0. The van der Waals surface area contributed by atoms with Gasteiger partial charge in [-0.05, 0) is 65.3 Å². The van der Waals surface area contributed by atoms with Crippen molar-refractivity contribution in [3.63, 3.8) is 0 Å². The van der Waals surface area contributed by atoms with Crippen molar-refractivity contribution >= 4 is 28.9 Å². The zero-order chi connectivity index (χ0) is 25.6. The van der Waals surface area contributed by atoms with Crippen LogP contribution in [0.5, 0.6) is 10.9 Å². The van der Waals surface area contributed by atoms with E-state index in [0.717, 1.165) is 6.42 Å². The summed E-state index contributed by atoms with van der Waals surface area (Å²) in [5.41, 5.74) is 0.136. The molecule has 2 unspecified atom stereocenters. The first-order chi connectivity index (χ1) is 16.6. The fourth-order valence-corrected chi connectivity index (χ4v) is 4.85. The first kappa shape index (κ1) is 27.6. The van der Waals surface area contributed by atoms with E-state index < -0.39 is 17.9 Å². The Kier molecular flexibility index (Phi) is 9.69. The van der Waals surface area contributed by atoms with Crippen molar-refractivity contribution in [3.05, 3.63) is 23.2 Å². The summed E-state index contributed by atoms with van der Waals surface area (Å²) in [6.45, 7) is 5.69. The number of methoxy groups -OCH3 is 1. The van der Waals surface area contributed by atoms with Crippen molar-refractivity contribution in [2.24, 2.45) is 0 Å². The van der Waals surface area contributed by atoms with Gasteiger partial charge in [0.15, 0.2) is 11.8 Å². The predicted octanol–water partition coefficient (Wildman–Crippen LogP) is 5.14. The molecule has 2 aromatic rings. The van der Waals surface area contributed by atoms with E-state index in [1.54, 1.807) is 18.2 Å². The second kappa shape index (κ2) is 12.3. The standard InChI is InChI=1S/C24H33ClFN3O5S/c1-24(2,3)34-21(30)13-29(4)16-7-6-8-18(26)20(12-16)33-23-28-27-22(35-23)17-10-9-15(25)11-19(17)32-14-31-5/h9-11,16,18,20H,6-8,12-14H2,1-5H3/t16?,18?,20-/m0/s1. The normalized spacial score (nSPS) is 21.0. The minimum atomic E-state index is -1.14. The van der Waals surface area contributed by atoms with Gasteiger partial charge < -0.3 is 18.9 Å². The Balaban J connectivity index is 1.69. The second-order valence-corrected chi connectivity index (χ2v) is 10.9. The molecule has 3 atom stereocenters. The lowest BCUT2D eigenvalue weighted by atomic mass is 10.1. The van der Waals surface area contributed by atoms with Gasteiger partial charge in [0, 0.05) is 24.6 Å². The molecule has 1 aliphatic carbocycles. The summed E-state index contributed by atoms with van der Waals surface area (Å²) in [6, 6.07) is 5.16. The van der Waals surface area contributed by atoms with E-state index in [1.807, 2.05) is 32.7 Å². The van der Waals surface area contributed by atoms with Crippen LogP contribution in [0.25, 0.3) is 10.6 Å². The SMILES string of the molecule is COCOc1cc(Cl)ccc1-c1nnc(O[C@H]2CC(N(C)CC(=O)OC(C)(C)C)CCCC2F)s1. The number of benzene rings is 1. The van der Waals surface area contributed by atoms with E-state index in [-0.39, 0.29) is 30.5 Å². The molecular weight excluding hydrogens is 497 g/mol. The molecule has 1 saturated carbocycles. The van der Waals surface area contributed by atoms with Gasteiger partial charge in [-0.1, -0.05) is 28.0 Å². The zero-order valence-electron chi connectivity index (χ0n) is 20.8. The number of hydrogen-bond acceptors (Lipinski definition) is 9. The number of hydrogen-bond donors (Lipinski definition) is 0. The van der Waals surface area contributed by atoms with Crippen LogP contribution in [-0.2, 0) is 14.3 Å². The lowest BCUT2D eigenvalue weighted by Gasteiger charge is -2.30. The molecular formula is C24H33ClFN3O5S. The average Bonchev–Trinajstić information content (AvgIpc) is 3.14. The maximum Gasteiger partial charge on any atom is 0.320 e. The molecule has 0 bridgehead atoms. The van der Waals surface area contributed by atoms with Crippen LogP contribution in [0.2, 0.25) is 5.02 Å². The molecule has 1 aromatic heterocycles. The fraction of sp³-hybridized carbons (Fsp3) is 0.625. The van der Waals surface area contributed by atoms with Crippen LogP contribution in [0.4, 0.5) is 4.39 Å². The number of ether oxygens (including phenoxy) is 4. The van der Waals surface area contributed by atoms with Crippen molar-refractivity contribution < 1.29 is 28.1 Å². The van der Waals surface area contributed by atoms with Gasteiger partial charge in [0.05, 0.1) is 12.1 Å². The molecule has 194 valence electrons. The third-order valence-electron chi connectivity index (χ3n) is 5.51. The van der Waals surface area contributed by atoms with E-state index in [2.05, 4.69) is 10.2 Å². The Morgan fingerprint density at radius 1 is 1.29 bits per heavy atom. The Labute approximate surface area is 214 Å². The summed E-state index contributed by atoms with van der Waals surface area (Å²) in [4.78, 5) is 14.2. The van der Waals surface area contributed by atoms with Gasteiger partial charge in [-0.3, -0.25) is 9.69 Å². The Bertz CT molecular complexity index is 986. The van der Waals surface area contributed by atoms with Gasteiger partial charge in [-0.25, -0.2) is 4.39 Å². The van der Waals surface area contributed by atoms with Crippen LogP contribution < -0.4 is 9.47 Å². The highest BCUT2D eigenvalue weighted by Crippen LogP contribution is 2.37. The molecule has 35 heavy (non-hydrogen) atoms. The van der Waals surface area contributed by atoms with E-state index in [0.29, 0.717) is 40.6 Å². The van der Waals surface area contributed by atoms with Crippen molar-refractivity contribution in [1.82, 2.24) is 15.1 Å². The summed E-state index contributed by atoms with van der Waals surface area (Å²) < 4.78 is 37.0. The number of alkyl halides is 1. The largest absolute Gasteiger partial charge is 0.467 e. The molecule has 0 amide bonds. The molecule has 0 aliphatic heterocycles. The smallest absolute Gasteiger partial charge is 0.320 e. The van der Waals surface area contributed by atoms with Gasteiger partial charge >= 0.3 is 5.97 Å². The first-order valence-corrected chi connectivity index (χ1v) is 12.7. The lowest BCUT2D eigenvalue weighted by Crippen LogP contribution is -2.41. The number of aromatic nitrogens is 2. The molecule has 1 aromatic carbocycles.